The minimum atomic E-state index is -0.517. The number of carbonyl (C=O) groups excluding carboxylic acids is 1. The van der Waals surface area contributed by atoms with Crippen molar-refractivity contribution in [2.45, 2.75) is 25.0 Å². The molecule has 5 nitrogen and oxygen atoms in total. The maximum atomic E-state index is 12.3. The van der Waals surface area contributed by atoms with Gasteiger partial charge in [-0.15, -0.1) is 0 Å². The maximum absolute atomic E-state index is 12.3. The van der Waals surface area contributed by atoms with Gasteiger partial charge in [0.15, 0.2) is 0 Å². The molecule has 1 aliphatic heterocycles. The van der Waals surface area contributed by atoms with E-state index in [9.17, 15) is 9.90 Å². The fourth-order valence-corrected chi connectivity index (χ4v) is 3.23. The first-order valence-corrected chi connectivity index (χ1v) is 7.72. The highest BCUT2D eigenvalue weighted by molar-refractivity contribution is 5.78. The first kappa shape index (κ1) is 14.5. The lowest BCUT2D eigenvalue weighted by Crippen LogP contribution is -2.42. The van der Waals surface area contributed by atoms with Crippen molar-refractivity contribution in [2.75, 3.05) is 32.7 Å². The number of benzene rings is 1. The predicted octanol–water partition coefficient (Wildman–Crippen LogP) is 0.0562. The SMILES string of the molecule is O=C(CN1CCCNCC1)N[C@H]1c2ccccc2C[C@H]1O. The monoisotopic (exact) mass is 289 g/mol. The lowest BCUT2D eigenvalue weighted by atomic mass is 10.1. The van der Waals surface area contributed by atoms with Gasteiger partial charge in [0.05, 0.1) is 18.7 Å². The van der Waals surface area contributed by atoms with Crippen molar-refractivity contribution in [3.05, 3.63) is 35.4 Å². The van der Waals surface area contributed by atoms with Gasteiger partial charge >= 0.3 is 0 Å². The van der Waals surface area contributed by atoms with E-state index in [1.54, 1.807) is 0 Å². The summed E-state index contributed by atoms with van der Waals surface area (Å²) < 4.78 is 0. The number of rotatable bonds is 3. The summed E-state index contributed by atoms with van der Waals surface area (Å²) in [7, 11) is 0. The van der Waals surface area contributed by atoms with Gasteiger partial charge in [0.25, 0.3) is 0 Å². The van der Waals surface area contributed by atoms with E-state index in [0.29, 0.717) is 13.0 Å². The van der Waals surface area contributed by atoms with E-state index in [0.717, 1.165) is 43.7 Å². The molecule has 3 N–H and O–H groups in total. The summed E-state index contributed by atoms with van der Waals surface area (Å²) in [4.78, 5) is 14.4. The molecular formula is C16H23N3O2. The molecule has 1 aromatic carbocycles. The molecule has 0 bridgehead atoms. The zero-order chi connectivity index (χ0) is 14.7. The molecule has 5 heteroatoms. The fraction of sp³-hybridized carbons (Fsp3) is 0.562. The highest BCUT2D eigenvalue weighted by Crippen LogP contribution is 2.31. The van der Waals surface area contributed by atoms with Crippen molar-refractivity contribution in [3.63, 3.8) is 0 Å². The average Bonchev–Trinajstić information content (AvgIpc) is 2.66. The zero-order valence-electron chi connectivity index (χ0n) is 12.2. The van der Waals surface area contributed by atoms with Crippen LogP contribution in [0.5, 0.6) is 0 Å². The number of nitrogens with zero attached hydrogens (tertiary/aromatic N) is 1. The average molecular weight is 289 g/mol. The van der Waals surface area contributed by atoms with Crippen LogP contribution in [0.2, 0.25) is 0 Å². The molecule has 0 saturated carbocycles. The Balaban J connectivity index is 1.59. The first-order valence-electron chi connectivity index (χ1n) is 7.72. The van der Waals surface area contributed by atoms with Gasteiger partial charge in [-0.2, -0.15) is 0 Å². The highest BCUT2D eigenvalue weighted by atomic mass is 16.3. The number of amides is 1. The van der Waals surface area contributed by atoms with Gasteiger partial charge in [-0.05, 0) is 30.6 Å². The van der Waals surface area contributed by atoms with Gasteiger partial charge in [-0.25, -0.2) is 0 Å². The normalized spacial score (nSPS) is 26.1. The van der Waals surface area contributed by atoms with E-state index in [-0.39, 0.29) is 11.9 Å². The lowest BCUT2D eigenvalue weighted by molar-refractivity contribution is -0.123. The molecule has 1 aliphatic carbocycles. The third kappa shape index (κ3) is 3.43. The van der Waals surface area contributed by atoms with Gasteiger partial charge in [-0.1, -0.05) is 24.3 Å². The van der Waals surface area contributed by atoms with Crippen LogP contribution in [0, 0.1) is 0 Å². The van der Waals surface area contributed by atoms with Crippen molar-refractivity contribution in [2.24, 2.45) is 0 Å². The van der Waals surface area contributed by atoms with Crippen LogP contribution in [0.3, 0.4) is 0 Å². The van der Waals surface area contributed by atoms with Crippen molar-refractivity contribution in [1.82, 2.24) is 15.5 Å². The van der Waals surface area contributed by atoms with E-state index in [4.69, 9.17) is 0 Å². The Morgan fingerprint density at radius 1 is 1.33 bits per heavy atom. The van der Waals surface area contributed by atoms with Crippen LogP contribution in [0.1, 0.15) is 23.6 Å². The molecule has 1 heterocycles. The zero-order valence-corrected chi connectivity index (χ0v) is 12.2. The summed E-state index contributed by atoms with van der Waals surface area (Å²) in [6.45, 7) is 4.21. The molecule has 0 aromatic heterocycles. The molecule has 3 rings (SSSR count). The van der Waals surface area contributed by atoms with Crippen molar-refractivity contribution >= 4 is 5.91 Å². The summed E-state index contributed by atoms with van der Waals surface area (Å²) in [6, 6.07) is 7.67. The number of aliphatic hydroxyl groups excluding tert-OH is 1. The van der Waals surface area contributed by atoms with Crippen molar-refractivity contribution < 1.29 is 9.90 Å². The Morgan fingerprint density at radius 2 is 2.19 bits per heavy atom. The van der Waals surface area contributed by atoms with Crippen molar-refractivity contribution in [3.8, 4) is 0 Å². The minimum absolute atomic E-state index is 0.00217. The smallest absolute Gasteiger partial charge is 0.234 e. The molecule has 2 atom stereocenters. The summed E-state index contributed by atoms with van der Waals surface area (Å²) in [6.07, 6.45) is 1.17. The fourth-order valence-electron chi connectivity index (χ4n) is 3.23. The number of nitrogens with one attached hydrogen (secondary N) is 2. The van der Waals surface area contributed by atoms with Crippen LogP contribution in [0.4, 0.5) is 0 Å². The minimum Gasteiger partial charge on any atom is -0.390 e. The molecule has 1 saturated heterocycles. The summed E-state index contributed by atoms with van der Waals surface area (Å²) in [5, 5.41) is 16.5. The number of hydrogen-bond acceptors (Lipinski definition) is 4. The lowest BCUT2D eigenvalue weighted by Gasteiger charge is -2.22. The predicted molar refractivity (Wildman–Crippen MR) is 81.0 cm³/mol. The highest BCUT2D eigenvalue weighted by Gasteiger charge is 2.32. The standard InChI is InChI=1S/C16H23N3O2/c20-14-10-12-4-1-2-5-13(12)16(14)18-15(21)11-19-8-3-6-17-7-9-19/h1-2,4-5,14,16-17,20H,3,6-11H2,(H,18,21)/t14-,16+/m1/s1. The summed E-state index contributed by atoms with van der Waals surface area (Å²) in [5.41, 5.74) is 2.19. The summed E-state index contributed by atoms with van der Waals surface area (Å²) >= 11 is 0. The number of carbonyl (C=O) groups is 1. The van der Waals surface area contributed by atoms with Gasteiger partial charge in [0, 0.05) is 19.5 Å². The molecule has 2 aliphatic rings. The second-order valence-corrected chi connectivity index (χ2v) is 5.90. The quantitative estimate of drug-likeness (QED) is 0.736. The van der Waals surface area contributed by atoms with Crippen LogP contribution in [0.25, 0.3) is 0 Å². The molecule has 0 spiro atoms. The van der Waals surface area contributed by atoms with Crippen LogP contribution in [-0.2, 0) is 11.2 Å². The Hall–Kier alpha value is -1.43. The third-order valence-electron chi connectivity index (χ3n) is 4.32. The number of aliphatic hydroxyl groups is 1. The molecular weight excluding hydrogens is 266 g/mol. The molecule has 1 amide bonds. The van der Waals surface area contributed by atoms with Gasteiger partial charge in [0.2, 0.25) is 5.91 Å². The Morgan fingerprint density at radius 3 is 3.10 bits per heavy atom. The second-order valence-electron chi connectivity index (χ2n) is 5.90. The first-order chi connectivity index (χ1) is 10.2. The largest absolute Gasteiger partial charge is 0.390 e. The van der Waals surface area contributed by atoms with E-state index in [2.05, 4.69) is 15.5 Å². The summed E-state index contributed by atoms with van der Waals surface area (Å²) in [5.74, 6) is -0.00217. The van der Waals surface area contributed by atoms with Crippen LogP contribution in [-0.4, -0.2) is 54.7 Å². The molecule has 114 valence electrons. The number of fused-ring (bicyclic) bond motifs is 1. The molecule has 0 radical (unpaired) electrons. The van der Waals surface area contributed by atoms with Crippen LogP contribution >= 0.6 is 0 Å². The molecule has 1 fully saturated rings. The van der Waals surface area contributed by atoms with E-state index >= 15 is 0 Å². The van der Waals surface area contributed by atoms with E-state index < -0.39 is 6.10 Å². The van der Waals surface area contributed by atoms with Crippen molar-refractivity contribution in [1.29, 1.82) is 0 Å². The van der Waals surface area contributed by atoms with E-state index in [1.807, 2.05) is 24.3 Å². The van der Waals surface area contributed by atoms with E-state index in [1.165, 1.54) is 0 Å². The topological polar surface area (TPSA) is 64.6 Å². The Bertz CT molecular complexity index is 498. The Kier molecular flexibility index (Phi) is 4.53. The van der Waals surface area contributed by atoms with Gasteiger partial charge < -0.3 is 15.7 Å². The Labute approximate surface area is 125 Å². The van der Waals surface area contributed by atoms with Gasteiger partial charge in [-0.3, -0.25) is 9.69 Å². The van der Waals surface area contributed by atoms with Gasteiger partial charge in [0.1, 0.15) is 0 Å². The number of hydrogen-bond donors (Lipinski definition) is 3. The third-order valence-corrected chi connectivity index (χ3v) is 4.32. The molecule has 1 aromatic rings. The van der Waals surface area contributed by atoms with Crippen LogP contribution < -0.4 is 10.6 Å². The second kappa shape index (κ2) is 6.56. The molecule has 21 heavy (non-hydrogen) atoms. The molecule has 0 unspecified atom stereocenters. The maximum Gasteiger partial charge on any atom is 0.234 e. The van der Waals surface area contributed by atoms with Crippen LogP contribution in [0.15, 0.2) is 24.3 Å².